The van der Waals surface area contributed by atoms with Crippen LogP contribution in [-0.2, 0) is 0 Å². The zero-order valence-corrected chi connectivity index (χ0v) is 16.0. The molecule has 0 fully saturated rings. The van der Waals surface area contributed by atoms with Crippen molar-refractivity contribution in [2.24, 2.45) is 0 Å². The largest absolute Gasteiger partial charge is 0.338 e. The molecule has 1 heterocycles. The summed E-state index contributed by atoms with van der Waals surface area (Å²) >= 11 is 6.34. The highest BCUT2D eigenvalue weighted by molar-refractivity contribution is 6.33. The molecule has 0 aliphatic heterocycles. The fourth-order valence-electron chi connectivity index (χ4n) is 2.96. The molecule has 0 saturated carbocycles. The summed E-state index contributed by atoms with van der Waals surface area (Å²) in [6.45, 7) is 7.27. The van der Waals surface area contributed by atoms with Crippen LogP contribution in [0.4, 0.5) is 0 Å². The predicted molar refractivity (Wildman–Crippen MR) is 106 cm³/mol. The molecule has 0 aliphatic carbocycles. The molecule has 0 atom stereocenters. The van der Waals surface area contributed by atoms with Gasteiger partial charge in [-0.3, -0.25) is 4.79 Å². The molecule has 2 aromatic carbocycles. The normalized spacial score (nSPS) is 10.8. The van der Waals surface area contributed by atoms with Crippen molar-refractivity contribution in [3.63, 3.8) is 0 Å². The lowest BCUT2D eigenvalue weighted by molar-refractivity contribution is 0.0764. The first kappa shape index (κ1) is 18.2. The number of amides is 1. The van der Waals surface area contributed by atoms with Gasteiger partial charge in [0.15, 0.2) is 0 Å². The SMILES string of the molecule is CCN(CC)C(=O)c1cc(-c2ccccc2Cl)nn1-c1cccc(C)c1. The van der Waals surface area contributed by atoms with Crippen molar-refractivity contribution >= 4 is 17.5 Å². The second-order valence-corrected chi connectivity index (χ2v) is 6.53. The number of aryl methyl sites for hydroxylation is 1. The lowest BCUT2D eigenvalue weighted by Crippen LogP contribution is -2.32. The summed E-state index contributed by atoms with van der Waals surface area (Å²) in [7, 11) is 0. The van der Waals surface area contributed by atoms with Gasteiger partial charge in [0.05, 0.1) is 16.4 Å². The van der Waals surface area contributed by atoms with Gasteiger partial charge in [-0.1, -0.05) is 41.9 Å². The highest BCUT2D eigenvalue weighted by Gasteiger charge is 2.22. The molecule has 5 heteroatoms. The van der Waals surface area contributed by atoms with Crippen LogP contribution in [0.5, 0.6) is 0 Å². The van der Waals surface area contributed by atoms with Crippen molar-refractivity contribution in [2.75, 3.05) is 13.1 Å². The molecule has 0 spiro atoms. The lowest BCUT2D eigenvalue weighted by atomic mass is 10.1. The number of hydrogen-bond donors (Lipinski definition) is 0. The van der Waals surface area contributed by atoms with Crippen molar-refractivity contribution in [3.8, 4) is 16.9 Å². The summed E-state index contributed by atoms with van der Waals surface area (Å²) in [5.74, 6) is -0.0395. The van der Waals surface area contributed by atoms with Crippen LogP contribution in [-0.4, -0.2) is 33.7 Å². The van der Waals surface area contributed by atoms with Crippen LogP contribution in [0, 0.1) is 6.92 Å². The number of benzene rings is 2. The highest BCUT2D eigenvalue weighted by atomic mass is 35.5. The Hall–Kier alpha value is -2.59. The van der Waals surface area contributed by atoms with Gasteiger partial charge < -0.3 is 4.90 Å². The van der Waals surface area contributed by atoms with Crippen LogP contribution < -0.4 is 0 Å². The second kappa shape index (κ2) is 7.75. The maximum atomic E-state index is 13.0. The summed E-state index contributed by atoms with van der Waals surface area (Å²) < 4.78 is 1.71. The number of carbonyl (C=O) groups excluding carboxylic acids is 1. The van der Waals surface area contributed by atoms with Gasteiger partial charge in [-0.2, -0.15) is 5.10 Å². The van der Waals surface area contributed by atoms with Crippen LogP contribution in [0.1, 0.15) is 29.9 Å². The van der Waals surface area contributed by atoms with Crippen molar-refractivity contribution in [1.29, 1.82) is 0 Å². The van der Waals surface area contributed by atoms with Crippen LogP contribution in [0.3, 0.4) is 0 Å². The molecule has 26 heavy (non-hydrogen) atoms. The fraction of sp³-hybridized carbons (Fsp3) is 0.238. The van der Waals surface area contributed by atoms with Crippen molar-refractivity contribution in [3.05, 3.63) is 70.9 Å². The van der Waals surface area contributed by atoms with Crippen LogP contribution in [0.15, 0.2) is 54.6 Å². The Labute approximate surface area is 159 Å². The van der Waals surface area contributed by atoms with E-state index in [1.807, 2.05) is 75.4 Å². The van der Waals surface area contributed by atoms with Gasteiger partial charge in [-0.25, -0.2) is 4.68 Å². The number of hydrogen-bond acceptors (Lipinski definition) is 2. The van der Waals surface area contributed by atoms with E-state index < -0.39 is 0 Å². The standard InChI is InChI=1S/C21H22ClN3O/c1-4-24(5-2)21(26)20-14-19(17-11-6-7-12-18(17)22)23-25(20)16-10-8-9-15(3)13-16/h6-14H,4-5H2,1-3H3. The molecule has 3 rings (SSSR count). The van der Waals surface area contributed by atoms with Crippen molar-refractivity contribution in [1.82, 2.24) is 14.7 Å². The van der Waals surface area contributed by atoms with Crippen molar-refractivity contribution < 1.29 is 4.79 Å². The molecular formula is C21H22ClN3O. The molecule has 3 aromatic rings. The number of halogens is 1. The van der Waals surface area contributed by atoms with E-state index in [1.54, 1.807) is 9.58 Å². The van der Waals surface area contributed by atoms with Crippen molar-refractivity contribution in [2.45, 2.75) is 20.8 Å². The zero-order valence-electron chi connectivity index (χ0n) is 15.2. The molecule has 134 valence electrons. The minimum Gasteiger partial charge on any atom is -0.338 e. The minimum absolute atomic E-state index is 0.0395. The van der Waals surface area contributed by atoms with Crippen LogP contribution in [0.2, 0.25) is 5.02 Å². The second-order valence-electron chi connectivity index (χ2n) is 6.12. The van der Waals surface area contributed by atoms with Crippen LogP contribution >= 0.6 is 11.6 Å². The fourth-order valence-corrected chi connectivity index (χ4v) is 3.20. The highest BCUT2D eigenvalue weighted by Crippen LogP contribution is 2.28. The monoisotopic (exact) mass is 367 g/mol. The minimum atomic E-state index is -0.0395. The Balaban J connectivity index is 2.18. The quantitative estimate of drug-likeness (QED) is 0.637. The van der Waals surface area contributed by atoms with E-state index in [4.69, 9.17) is 16.7 Å². The van der Waals surface area contributed by atoms with Gasteiger partial charge in [0.2, 0.25) is 0 Å². The number of aromatic nitrogens is 2. The first-order chi connectivity index (χ1) is 12.5. The average molecular weight is 368 g/mol. The molecule has 0 aliphatic rings. The first-order valence-electron chi connectivity index (χ1n) is 8.76. The molecule has 1 amide bonds. The first-order valence-corrected chi connectivity index (χ1v) is 9.14. The molecular weight excluding hydrogens is 346 g/mol. The van der Waals surface area contributed by atoms with E-state index in [9.17, 15) is 4.79 Å². The molecule has 4 nitrogen and oxygen atoms in total. The Morgan fingerprint density at radius 2 is 1.81 bits per heavy atom. The summed E-state index contributed by atoms with van der Waals surface area (Å²) in [4.78, 5) is 14.8. The Kier molecular flexibility index (Phi) is 5.43. The van der Waals surface area contributed by atoms with E-state index in [0.717, 1.165) is 16.8 Å². The molecule has 0 N–H and O–H groups in total. The number of nitrogens with zero attached hydrogens (tertiary/aromatic N) is 3. The van der Waals surface area contributed by atoms with E-state index in [-0.39, 0.29) is 5.91 Å². The Morgan fingerprint density at radius 1 is 1.08 bits per heavy atom. The summed E-state index contributed by atoms with van der Waals surface area (Å²) in [5.41, 5.74) is 4.01. The van der Waals surface area contributed by atoms with Gasteiger partial charge in [-0.15, -0.1) is 0 Å². The lowest BCUT2D eigenvalue weighted by Gasteiger charge is -2.19. The third-order valence-corrected chi connectivity index (χ3v) is 4.70. The summed E-state index contributed by atoms with van der Waals surface area (Å²) in [6.07, 6.45) is 0. The molecule has 0 radical (unpaired) electrons. The van der Waals surface area contributed by atoms with Gasteiger partial charge in [-0.05, 0) is 50.6 Å². The Morgan fingerprint density at radius 3 is 2.46 bits per heavy atom. The topological polar surface area (TPSA) is 38.1 Å². The van der Waals surface area contributed by atoms with Gasteiger partial charge >= 0.3 is 0 Å². The average Bonchev–Trinajstić information content (AvgIpc) is 3.08. The summed E-state index contributed by atoms with van der Waals surface area (Å²) in [6, 6.07) is 17.3. The maximum absolute atomic E-state index is 13.0. The van der Waals surface area contributed by atoms with E-state index in [0.29, 0.717) is 29.5 Å². The predicted octanol–water partition coefficient (Wildman–Crippen LogP) is 4.98. The molecule has 0 unspecified atom stereocenters. The molecule has 0 bridgehead atoms. The number of rotatable bonds is 5. The van der Waals surface area contributed by atoms with Gasteiger partial charge in [0.1, 0.15) is 5.69 Å². The van der Waals surface area contributed by atoms with E-state index >= 15 is 0 Å². The zero-order chi connectivity index (χ0) is 18.7. The van der Waals surface area contributed by atoms with Gasteiger partial charge in [0, 0.05) is 18.7 Å². The summed E-state index contributed by atoms with van der Waals surface area (Å²) in [5, 5.41) is 5.32. The third kappa shape index (κ3) is 3.51. The van der Waals surface area contributed by atoms with E-state index in [2.05, 4.69) is 0 Å². The number of carbonyl (C=O) groups is 1. The van der Waals surface area contributed by atoms with Crippen LogP contribution in [0.25, 0.3) is 16.9 Å². The maximum Gasteiger partial charge on any atom is 0.272 e. The molecule has 1 aromatic heterocycles. The molecule has 0 saturated heterocycles. The third-order valence-electron chi connectivity index (χ3n) is 4.38. The Bertz CT molecular complexity index is 929. The van der Waals surface area contributed by atoms with Gasteiger partial charge in [0.25, 0.3) is 5.91 Å². The smallest absolute Gasteiger partial charge is 0.272 e. The van der Waals surface area contributed by atoms with E-state index in [1.165, 1.54) is 0 Å².